The molecule has 2 aromatic rings. The zero-order valence-corrected chi connectivity index (χ0v) is 22.4. The van der Waals surface area contributed by atoms with Crippen molar-refractivity contribution < 1.29 is 18.0 Å². The molecule has 0 atom stereocenters. The summed E-state index contributed by atoms with van der Waals surface area (Å²) in [6.07, 6.45) is 2.92. The summed E-state index contributed by atoms with van der Waals surface area (Å²) >= 11 is 0. The highest BCUT2D eigenvalue weighted by Gasteiger charge is 2.50. The van der Waals surface area contributed by atoms with Gasteiger partial charge in [-0.05, 0) is 59.6 Å². The number of rotatable bonds is 9. The Kier molecular flexibility index (Phi) is 8.41. The van der Waals surface area contributed by atoms with Crippen LogP contribution in [0.4, 0.5) is 0 Å². The summed E-state index contributed by atoms with van der Waals surface area (Å²) in [7, 11) is -3.79. The maximum Gasteiger partial charge on any atom is 0.251 e. The van der Waals surface area contributed by atoms with Gasteiger partial charge in [-0.1, -0.05) is 64.6 Å². The van der Waals surface area contributed by atoms with Gasteiger partial charge in [-0.2, -0.15) is 4.31 Å². The molecule has 8 heteroatoms. The van der Waals surface area contributed by atoms with Gasteiger partial charge in [0.05, 0.1) is 4.90 Å². The first kappa shape index (κ1) is 27.6. The lowest BCUT2D eigenvalue weighted by Gasteiger charge is -2.52. The van der Waals surface area contributed by atoms with Crippen LogP contribution in [0.2, 0.25) is 0 Å². The number of hydrogen-bond acceptors (Lipinski definition) is 4. The zero-order valence-electron chi connectivity index (χ0n) is 21.6. The molecule has 0 radical (unpaired) electrons. The van der Waals surface area contributed by atoms with Crippen LogP contribution in [0.1, 0.15) is 50.0 Å². The number of carbonyl (C=O) groups excluding carboxylic acids is 2. The van der Waals surface area contributed by atoms with E-state index in [1.165, 1.54) is 28.1 Å². The van der Waals surface area contributed by atoms with Crippen LogP contribution >= 0.6 is 0 Å². The number of carbonyl (C=O) groups is 2. The first-order valence-corrected chi connectivity index (χ1v) is 13.7. The number of hydrogen-bond donors (Lipinski definition) is 2. The lowest BCUT2D eigenvalue weighted by atomic mass is 9.67. The fraction of sp³-hybridized carbons (Fsp3) is 0.429. The van der Waals surface area contributed by atoms with Crippen molar-refractivity contribution in [3.63, 3.8) is 0 Å². The third kappa shape index (κ3) is 6.42. The van der Waals surface area contributed by atoms with Crippen molar-refractivity contribution in [1.82, 2.24) is 14.9 Å². The molecule has 36 heavy (non-hydrogen) atoms. The largest absolute Gasteiger partial charge is 0.352 e. The van der Waals surface area contributed by atoms with Gasteiger partial charge in [0.15, 0.2) is 0 Å². The molecule has 0 spiro atoms. The zero-order chi connectivity index (χ0) is 26.6. The highest BCUT2D eigenvalue weighted by molar-refractivity contribution is 7.89. The van der Waals surface area contributed by atoms with Crippen LogP contribution in [-0.4, -0.2) is 50.2 Å². The summed E-state index contributed by atoms with van der Waals surface area (Å²) in [5.74, 6) is -0.501. The fourth-order valence-corrected chi connectivity index (χ4v) is 6.92. The van der Waals surface area contributed by atoms with Crippen molar-refractivity contribution in [1.29, 1.82) is 0 Å². The third-order valence-corrected chi connectivity index (χ3v) is 8.53. The molecule has 1 aliphatic heterocycles. The summed E-state index contributed by atoms with van der Waals surface area (Å²) in [5, 5.41) is 5.89. The Bertz CT molecular complexity index is 1170. The Balaban J connectivity index is 1.65. The number of sulfonamides is 1. The number of nitrogens with zero attached hydrogens (tertiary/aromatic N) is 1. The minimum atomic E-state index is -3.79. The minimum absolute atomic E-state index is 0.142. The Morgan fingerprint density at radius 2 is 1.58 bits per heavy atom. The lowest BCUT2D eigenvalue weighted by molar-refractivity contribution is -0.120. The number of benzene rings is 2. The van der Waals surface area contributed by atoms with Crippen molar-refractivity contribution in [3.8, 4) is 0 Å². The van der Waals surface area contributed by atoms with E-state index in [1.54, 1.807) is 12.1 Å². The van der Waals surface area contributed by atoms with E-state index in [2.05, 4.69) is 29.3 Å². The average molecular weight is 512 g/mol. The second-order valence-electron chi connectivity index (χ2n) is 10.8. The van der Waals surface area contributed by atoms with Gasteiger partial charge in [0.1, 0.15) is 0 Å². The monoisotopic (exact) mass is 511 g/mol. The Labute approximate surface area is 215 Å². The van der Waals surface area contributed by atoms with Crippen LogP contribution in [-0.2, 0) is 21.2 Å². The third-order valence-electron chi connectivity index (χ3n) is 6.73. The molecule has 1 heterocycles. The molecule has 0 aromatic heterocycles. The van der Waals surface area contributed by atoms with Crippen LogP contribution in [0, 0.1) is 10.8 Å². The van der Waals surface area contributed by atoms with E-state index in [9.17, 15) is 18.0 Å². The van der Waals surface area contributed by atoms with Gasteiger partial charge in [0.2, 0.25) is 15.9 Å². The average Bonchev–Trinajstić information content (AvgIpc) is 2.84. The topological polar surface area (TPSA) is 95.6 Å². The molecule has 2 aromatic carbocycles. The highest BCUT2D eigenvalue weighted by Crippen LogP contribution is 2.42. The van der Waals surface area contributed by atoms with E-state index in [0.717, 1.165) is 12.8 Å². The standard InChI is InChI=1S/C28H37N3O4S/c1-6-24(32)30-26-27(2,3)19-31(20-28(26,4)5)36(34,35)23-16-14-22(15-17-23)25(33)29-18-10-13-21-11-8-7-9-12-21/h6-9,11-12,14-17,26H,1,10,13,18-20H2,2-5H3,(H,29,33)(H,30,32). The molecule has 2 amide bonds. The van der Waals surface area contributed by atoms with Crippen LogP contribution in [0.3, 0.4) is 0 Å². The molecule has 0 saturated carbocycles. The minimum Gasteiger partial charge on any atom is -0.352 e. The summed E-state index contributed by atoms with van der Waals surface area (Å²) < 4.78 is 28.5. The van der Waals surface area contributed by atoms with Gasteiger partial charge >= 0.3 is 0 Å². The number of piperidine rings is 1. The van der Waals surface area contributed by atoms with E-state index in [0.29, 0.717) is 12.1 Å². The van der Waals surface area contributed by atoms with Crippen molar-refractivity contribution >= 4 is 21.8 Å². The number of nitrogens with one attached hydrogen (secondary N) is 2. The highest BCUT2D eigenvalue weighted by atomic mass is 32.2. The summed E-state index contributed by atoms with van der Waals surface area (Å²) in [6, 6.07) is 15.9. The SMILES string of the molecule is C=CC(=O)NC1C(C)(C)CN(S(=O)(=O)c2ccc(C(=O)NCCCc3ccccc3)cc2)CC1(C)C. The molecule has 3 rings (SSSR count). The maximum atomic E-state index is 13.5. The molecule has 1 fully saturated rings. The Morgan fingerprint density at radius 3 is 2.14 bits per heavy atom. The molecule has 0 aliphatic carbocycles. The van der Waals surface area contributed by atoms with Crippen molar-refractivity contribution in [2.75, 3.05) is 19.6 Å². The maximum absolute atomic E-state index is 13.5. The smallest absolute Gasteiger partial charge is 0.251 e. The Morgan fingerprint density at radius 1 is 1.00 bits per heavy atom. The predicted molar refractivity (Wildman–Crippen MR) is 142 cm³/mol. The predicted octanol–water partition coefficient (Wildman–Crippen LogP) is 3.78. The van der Waals surface area contributed by atoms with Gasteiger partial charge < -0.3 is 10.6 Å². The first-order valence-electron chi connectivity index (χ1n) is 12.2. The Hall–Kier alpha value is -2.97. The van der Waals surface area contributed by atoms with Crippen molar-refractivity contribution in [2.45, 2.75) is 51.5 Å². The van der Waals surface area contributed by atoms with Gasteiger partial charge in [-0.25, -0.2) is 8.42 Å². The van der Waals surface area contributed by atoms with Crippen LogP contribution in [0.5, 0.6) is 0 Å². The summed E-state index contributed by atoms with van der Waals surface area (Å²) in [5.41, 5.74) is 0.625. The quantitative estimate of drug-likeness (QED) is 0.396. The van der Waals surface area contributed by atoms with Gasteiger partial charge in [-0.3, -0.25) is 9.59 Å². The van der Waals surface area contributed by atoms with E-state index in [4.69, 9.17) is 0 Å². The van der Waals surface area contributed by atoms with E-state index in [-0.39, 0.29) is 35.8 Å². The second kappa shape index (κ2) is 11.0. The molecular formula is C28H37N3O4S. The molecule has 1 aliphatic rings. The van der Waals surface area contributed by atoms with Crippen LogP contribution in [0.15, 0.2) is 72.1 Å². The molecule has 194 valence electrons. The van der Waals surface area contributed by atoms with E-state index < -0.39 is 20.9 Å². The van der Waals surface area contributed by atoms with Crippen molar-refractivity contribution in [2.24, 2.45) is 10.8 Å². The first-order chi connectivity index (χ1) is 16.9. The molecule has 1 saturated heterocycles. The van der Waals surface area contributed by atoms with Crippen molar-refractivity contribution in [3.05, 3.63) is 78.4 Å². The molecular weight excluding hydrogens is 474 g/mol. The fourth-order valence-electron chi connectivity index (χ4n) is 5.14. The molecule has 7 nitrogen and oxygen atoms in total. The van der Waals surface area contributed by atoms with E-state index in [1.807, 2.05) is 45.9 Å². The second-order valence-corrected chi connectivity index (χ2v) is 12.7. The lowest BCUT2D eigenvalue weighted by Crippen LogP contribution is -2.64. The van der Waals surface area contributed by atoms with Gasteiger partial charge in [0, 0.05) is 31.2 Å². The number of amides is 2. The normalized spacial score (nSPS) is 17.8. The molecule has 0 bridgehead atoms. The summed E-state index contributed by atoms with van der Waals surface area (Å²) in [6.45, 7) is 12.4. The van der Waals surface area contributed by atoms with Gasteiger partial charge in [0.25, 0.3) is 5.91 Å². The molecule has 2 N–H and O–H groups in total. The number of aryl methyl sites for hydroxylation is 1. The van der Waals surface area contributed by atoms with E-state index >= 15 is 0 Å². The van der Waals surface area contributed by atoms with Gasteiger partial charge in [-0.15, -0.1) is 0 Å². The van der Waals surface area contributed by atoms with Crippen LogP contribution < -0.4 is 10.6 Å². The summed E-state index contributed by atoms with van der Waals surface area (Å²) in [4.78, 5) is 24.7. The molecule has 0 unspecified atom stereocenters. The van der Waals surface area contributed by atoms with Crippen LogP contribution in [0.25, 0.3) is 0 Å².